The van der Waals surface area contributed by atoms with Crippen LogP contribution in [0.4, 0.5) is 22.7 Å². The van der Waals surface area contributed by atoms with Crippen LogP contribution in [0.2, 0.25) is 0 Å². The van der Waals surface area contributed by atoms with E-state index in [1.807, 2.05) is 41.4 Å². The molecule has 0 saturated carbocycles. The molecule has 103 heavy (non-hydrogen) atoms. The first-order valence-electron chi connectivity index (χ1n) is 31.7. The van der Waals surface area contributed by atoms with E-state index >= 15 is 0 Å². The fourth-order valence-electron chi connectivity index (χ4n) is 13.0. The van der Waals surface area contributed by atoms with Crippen LogP contribution in [0.15, 0.2) is 83.8 Å². The number of aromatic nitrogens is 8. The van der Waals surface area contributed by atoms with Crippen LogP contribution in [-0.2, 0) is 94.4 Å². The number of amides is 4. The van der Waals surface area contributed by atoms with E-state index < -0.39 is 51.1 Å². The molecule has 4 aromatic heterocycles. The smallest absolute Gasteiger partial charge is 0.329 e. The number of rotatable bonds is 13. The monoisotopic (exact) mass is 1420 g/mol. The maximum atomic E-state index is 13.3. The Hall–Kier alpha value is -12.7. The average Bonchev–Trinajstić information content (AvgIpc) is 1.75. The van der Waals surface area contributed by atoms with E-state index in [0.717, 1.165) is 46.3 Å². The Labute approximate surface area is 587 Å². The Morgan fingerprint density at radius 3 is 1.26 bits per heavy atom. The zero-order valence-electron chi connectivity index (χ0n) is 58.1. The maximum absolute atomic E-state index is 13.3. The summed E-state index contributed by atoms with van der Waals surface area (Å²) in [7, 11) is 18.7. The lowest BCUT2D eigenvalue weighted by Crippen LogP contribution is -2.49. The van der Waals surface area contributed by atoms with Crippen molar-refractivity contribution in [1.82, 2.24) is 57.8 Å². The summed E-state index contributed by atoms with van der Waals surface area (Å²) in [5, 5.41) is 33.0. The van der Waals surface area contributed by atoms with Crippen LogP contribution in [0, 0.1) is 20.2 Å². The van der Waals surface area contributed by atoms with Gasteiger partial charge in [-0.25, -0.2) is 24.7 Å². The molecule has 0 spiro atoms. The minimum Gasteiger partial charge on any atom is -0.504 e. The number of benzene rings is 4. The molecule has 0 aliphatic carbocycles. The third-order valence-corrected chi connectivity index (χ3v) is 18.6. The molecule has 8 aromatic rings. The number of ether oxygens (including phenoxy) is 8. The molecule has 35 nitrogen and oxygen atoms in total. The van der Waals surface area contributed by atoms with Gasteiger partial charge in [-0.15, -0.1) is 0 Å². The molecule has 0 saturated heterocycles. The summed E-state index contributed by atoms with van der Waals surface area (Å²) in [6.45, 7) is 1.04. The molecule has 6 aliphatic rings. The minimum absolute atomic E-state index is 0.0142. The molecule has 0 radical (unpaired) electrons. The summed E-state index contributed by atoms with van der Waals surface area (Å²) in [5.74, 6) is -0.238. The molecule has 1 N–H and O–H groups in total. The zero-order valence-corrected chi connectivity index (χ0v) is 58.1. The van der Waals surface area contributed by atoms with Crippen molar-refractivity contribution in [1.29, 1.82) is 0 Å². The molecule has 0 fully saturated rings. The summed E-state index contributed by atoms with van der Waals surface area (Å²) in [6, 6.07) is 9.32. The van der Waals surface area contributed by atoms with E-state index in [4.69, 9.17) is 37.9 Å². The van der Waals surface area contributed by atoms with E-state index in [1.54, 1.807) is 85.0 Å². The van der Waals surface area contributed by atoms with E-state index in [-0.39, 0.29) is 89.0 Å². The molecule has 6 aliphatic heterocycles. The summed E-state index contributed by atoms with van der Waals surface area (Å²) < 4.78 is 48.7. The van der Waals surface area contributed by atoms with Crippen molar-refractivity contribution in [3.05, 3.63) is 162 Å². The number of carbonyl (C=O) groups excluding carboxylic acids is 6. The zero-order chi connectivity index (χ0) is 74.0. The number of methoxy groups -OCH3 is 8. The number of nitrogens with zero attached hydrogens (tertiary/aromatic N) is 16. The van der Waals surface area contributed by atoms with Crippen molar-refractivity contribution in [2.45, 2.75) is 76.0 Å². The number of carbonyl (C=O) groups is 6. The van der Waals surface area contributed by atoms with Crippen molar-refractivity contribution in [2.75, 3.05) is 56.9 Å². The van der Waals surface area contributed by atoms with Gasteiger partial charge in [-0.05, 0) is 12.1 Å². The summed E-state index contributed by atoms with van der Waals surface area (Å²) in [5.41, 5.74) is 7.79. The number of aryl methyl sites for hydroxylation is 4. The number of nitro groups is 2. The van der Waals surface area contributed by atoms with E-state index in [9.17, 15) is 54.1 Å². The fraction of sp³-hybridized carbons (Fsp3) is 0.353. The first-order valence-corrected chi connectivity index (χ1v) is 31.7. The van der Waals surface area contributed by atoms with Gasteiger partial charge in [-0.1, -0.05) is 0 Å². The number of aromatic hydroxyl groups is 1. The molecule has 14 rings (SSSR count). The van der Waals surface area contributed by atoms with Crippen molar-refractivity contribution >= 4 is 71.1 Å². The molecule has 4 amide bonds. The number of imidazole rings is 4. The molecule has 10 heterocycles. The van der Waals surface area contributed by atoms with Crippen molar-refractivity contribution in [3.8, 4) is 46.0 Å². The van der Waals surface area contributed by atoms with Gasteiger partial charge in [0.1, 0.15) is 23.5 Å². The van der Waals surface area contributed by atoms with Gasteiger partial charge >= 0.3 is 5.97 Å². The van der Waals surface area contributed by atoms with Gasteiger partial charge in [-0.3, -0.25) is 49.4 Å². The lowest BCUT2D eigenvalue weighted by Gasteiger charge is -2.33. The predicted molar refractivity (Wildman–Crippen MR) is 363 cm³/mol. The van der Waals surface area contributed by atoms with Crippen molar-refractivity contribution in [2.24, 2.45) is 38.2 Å². The number of hydrogen-bond donors (Lipinski definition) is 1. The van der Waals surface area contributed by atoms with Gasteiger partial charge in [0, 0.05) is 113 Å². The Morgan fingerprint density at radius 1 is 0.485 bits per heavy atom. The first kappa shape index (κ1) is 71.6. The van der Waals surface area contributed by atoms with Gasteiger partial charge in [0.05, 0.1) is 194 Å². The second-order valence-corrected chi connectivity index (χ2v) is 24.2. The number of aldehydes is 1. The second kappa shape index (κ2) is 29.6. The highest BCUT2D eigenvalue weighted by molar-refractivity contribution is 6.05. The lowest BCUT2D eigenvalue weighted by molar-refractivity contribution is -0.385. The molecule has 538 valence electrons. The third kappa shape index (κ3) is 13.6. The number of aliphatic imine (C=N–C) groups is 2. The Kier molecular flexibility index (Phi) is 20.6. The Balaban J connectivity index is 0.000000138. The molecule has 4 atom stereocenters. The largest absolute Gasteiger partial charge is 0.504 e. The lowest BCUT2D eigenvalue weighted by atomic mass is 10.00. The first-order chi connectivity index (χ1) is 49.4. The molecular formula is C68H72N16O19. The molecule has 0 bridgehead atoms. The van der Waals surface area contributed by atoms with Crippen molar-refractivity contribution in [3.63, 3.8) is 0 Å². The molecule has 0 unspecified atom stereocenters. The van der Waals surface area contributed by atoms with Crippen LogP contribution in [0.3, 0.4) is 0 Å². The Bertz CT molecular complexity index is 4780. The average molecular weight is 1420 g/mol. The molecule has 4 aromatic carbocycles. The van der Waals surface area contributed by atoms with Crippen LogP contribution in [0.1, 0.15) is 87.0 Å². The highest BCUT2D eigenvalue weighted by Gasteiger charge is 2.42. The summed E-state index contributed by atoms with van der Waals surface area (Å²) in [6.07, 6.45) is 12.9. The standard InChI is InChI=1S/C18H20N4O7.C17H18N4O6.C17H18N4O3.C16H16N4O3/c1-20-9-19-11-8-21(14(6-13(11)20)18(24)29-4)17(23)10-5-15(27-2)16(28-3)7-12(10)22(25)26;1-19-9-18-12-7-20(10(8-22)4-14(12)19)17(23)11-5-15(26-2)16(27-3)6-13(11)21(24)25;1-20-9-19-13-8-21-10(4-14(13)20)7-18-12-6-16(24-3)15(23-2)5-11(12)17(21)22;1-19-8-18-12-7-20-9(3-13(12)19)6-17-11-5-14(21)15(23-2)4-10(11)16(20)22/h5,7,9,14H,6,8H2,1-4H3;5-6,8-10H,4,7H2,1-3H3;5-7,9-10H,4,8H2,1-3H3;4-6,8-9,21H,3,7H2,1-2H3/t14-;2*10-;9-/m0000/s1. The Morgan fingerprint density at radius 2 is 0.845 bits per heavy atom. The maximum Gasteiger partial charge on any atom is 0.329 e. The number of nitro benzene ring substituents is 2. The molecular weight excluding hydrogens is 1340 g/mol. The number of esters is 1. The number of fused-ring (bicyclic) bond motifs is 8. The number of phenols is 1. The van der Waals surface area contributed by atoms with Crippen LogP contribution in [-0.4, -0.2) is 202 Å². The van der Waals surface area contributed by atoms with Gasteiger partial charge in [0.2, 0.25) is 0 Å². The normalized spacial score (nSPS) is 17.0. The van der Waals surface area contributed by atoms with Gasteiger partial charge < -0.3 is 85.7 Å². The summed E-state index contributed by atoms with van der Waals surface area (Å²) >= 11 is 0. The predicted octanol–water partition coefficient (Wildman–Crippen LogP) is 5.33. The van der Waals surface area contributed by atoms with E-state index in [0.29, 0.717) is 84.0 Å². The van der Waals surface area contributed by atoms with E-state index in [1.165, 1.54) is 70.7 Å². The minimum atomic E-state index is -0.942. The van der Waals surface area contributed by atoms with Crippen LogP contribution >= 0.6 is 0 Å². The van der Waals surface area contributed by atoms with Gasteiger partial charge in [0.25, 0.3) is 35.0 Å². The van der Waals surface area contributed by atoms with E-state index in [2.05, 4.69) is 29.9 Å². The second-order valence-electron chi connectivity index (χ2n) is 24.2. The molecule has 35 heteroatoms. The summed E-state index contributed by atoms with van der Waals surface area (Å²) in [4.78, 5) is 130. The van der Waals surface area contributed by atoms with Crippen LogP contribution < -0.4 is 33.2 Å². The van der Waals surface area contributed by atoms with Crippen LogP contribution in [0.5, 0.6) is 46.0 Å². The van der Waals surface area contributed by atoms with Gasteiger partial charge in [0.15, 0.2) is 46.0 Å². The fourth-order valence-corrected chi connectivity index (χ4v) is 13.0. The quantitative estimate of drug-likeness (QED) is 0.0659. The van der Waals surface area contributed by atoms with Gasteiger partial charge in [-0.2, -0.15) is 0 Å². The highest BCUT2D eigenvalue weighted by Crippen LogP contribution is 2.42. The number of phenolic OH excluding ortho intramolecular Hbond substituents is 1. The van der Waals surface area contributed by atoms with Crippen LogP contribution in [0.25, 0.3) is 0 Å². The highest BCUT2D eigenvalue weighted by atomic mass is 16.6. The number of hydrogen-bond acceptors (Lipinski definition) is 25. The topological polar surface area (TPSA) is 392 Å². The van der Waals surface area contributed by atoms with Crippen molar-refractivity contribution < 1.29 is 81.6 Å². The third-order valence-electron chi connectivity index (χ3n) is 18.6. The SMILES string of the molecule is COC(=O)[C@@H]1Cc2c(ncn2C)CN1C(=O)c1cc(OC)c(OC)cc1[N+](=O)[O-].COc1cc(C(=O)N2Cc3ncn(C)c3C[C@H]2C=O)c([N+](=O)[O-])cc1OC.COc1cc2c(cc1O)N=C[C@@H]1Cc3c(ncn3C)CN1C2=O.COc1cc2c(cc1OC)C(=O)N1Cc3ncn(C)c3C[C@H]1C=N2.